The van der Waals surface area contributed by atoms with E-state index in [0.29, 0.717) is 32.1 Å². The molecule has 1 aliphatic rings. The Morgan fingerprint density at radius 3 is 2.04 bits per heavy atom. The summed E-state index contributed by atoms with van der Waals surface area (Å²) in [6.07, 6.45) is 21.5. The highest BCUT2D eigenvalue weighted by Crippen LogP contribution is 2.37. The molecular weight excluding hydrogens is 639 g/mol. The van der Waals surface area contributed by atoms with E-state index in [1.54, 1.807) is 6.08 Å². The van der Waals surface area contributed by atoms with Crippen molar-refractivity contribution in [3.8, 4) is 0 Å². The largest absolute Gasteiger partial charge is 0.469 e. The number of carbonyl (C=O) groups excluding carboxylic acids is 2. The average molecular weight is 705 g/mol. The predicted octanol–water partition coefficient (Wildman–Crippen LogP) is 6.83. The summed E-state index contributed by atoms with van der Waals surface area (Å²) >= 11 is 0. The first kappa shape index (κ1) is 44.4. The van der Waals surface area contributed by atoms with Gasteiger partial charge < -0.3 is 34.6 Å². The second kappa shape index (κ2) is 27.2. The van der Waals surface area contributed by atoms with Crippen LogP contribution in [0.1, 0.15) is 142 Å². The molecule has 0 radical (unpaired) electrons. The molecule has 1 rings (SSSR count). The molecule has 0 aromatic carbocycles. The quantitative estimate of drug-likeness (QED) is 0.0238. The molecule has 0 aromatic rings. The molecule has 0 bridgehead atoms. The number of esters is 2. The van der Waals surface area contributed by atoms with Crippen molar-refractivity contribution in [1.82, 2.24) is 0 Å². The van der Waals surface area contributed by atoms with Crippen LogP contribution in [0, 0.1) is 11.8 Å². The van der Waals surface area contributed by atoms with E-state index in [9.17, 15) is 29.5 Å². The Kier molecular flexibility index (Phi) is 25.2. The van der Waals surface area contributed by atoms with Gasteiger partial charge in [-0.1, -0.05) is 115 Å². The van der Waals surface area contributed by atoms with Crippen LogP contribution in [0.15, 0.2) is 24.3 Å². The number of phosphoric ester groups is 1. The molecule has 0 spiro atoms. The Morgan fingerprint density at radius 1 is 0.792 bits per heavy atom. The molecule has 0 aromatic heterocycles. The van der Waals surface area contributed by atoms with Crippen LogP contribution in [0.5, 0.6) is 0 Å². The summed E-state index contributed by atoms with van der Waals surface area (Å²) < 4.78 is 26.2. The van der Waals surface area contributed by atoms with Gasteiger partial charge in [0.1, 0.15) is 6.61 Å². The van der Waals surface area contributed by atoms with E-state index in [0.717, 1.165) is 38.5 Å². The number of hydrogen-bond donors (Lipinski definition) is 5. The fourth-order valence-corrected chi connectivity index (χ4v) is 6.31. The summed E-state index contributed by atoms with van der Waals surface area (Å²) in [5.74, 6) is -1.50. The lowest BCUT2D eigenvalue weighted by Crippen LogP contribution is -2.29. The second-order valence-electron chi connectivity index (χ2n) is 13.2. The van der Waals surface area contributed by atoms with Crippen molar-refractivity contribution in [2.45, 2.75) is 167 Å². The number of aliphatic hydroxyl groups excluding tert-OH is 3. The highest BCUT2D eigenvalue weighted by Gasteiger charge is 2.39. The fraction of sp³-hybridized carbons (Fsp3) is 0.833. The average Bonchev–Trinajstić information content (AvgIpc) is 3.30. The van der Waals surface area contributed by atoms with Crippen LogP contribution in [0.25, 0.3) is 0 Å². The van der Waals surface area contributed by atoms with Crippen molar-refractivity contribution in [1.29, 1.82) is 0 Å². The molecule has 0 unspecified atom stereocenters. The van der Waals surface area contributed by atoms with E-state index in [4.69, 9.17) is 19.3 Å². The van der Waals surface area contributed by atoms with Crippen LogP contribution in [-0.2, 0) is 28.2 Å². The molecule has 1 saturated carbocycles. The van der Waals surface area contributed by atoms with Gasteiger partial charge in [0, 0.05) is 25.2 Å². The molecule has 5 N–H and O–H groups in total. The topological polar surface area (TPSA) is 180 Å². The zero-order valence-electron chi connectivity index (χ0n) is 29.5. The summed E-state index contributed by atoms with van der Waals surface area (Å²) in [6.45, 7) is 3.34. The number of hydrogen-bond acceptors (Lipinski definition) is 9. The van der Waals surface area contributed by atoms with Crippen LogP contribution in [0.4, 0.5) is 0 Å². The number of carbonyl (C=O) groups is 2. The van der Waals surface area contributed by atoms with E-state index in [1.165, 1.54) is 38.5 Å². The number of aliphatic hydroxyl groups is 3. The number of phosphoric acid groups is 1. The van der Waals surface area contributed by atoms with Gasteiger partial charge in [-0.3, -0.25) is 14.1 Å². The van der Waals surface area contributed by atoms with Crippen molar-refractivity contribution in [2.75, 3.05) is 13.2 Å². The second-order valence-corrected chi connectivity index (χ2v) is 14.4. The molecule has 0 heterocycles. The molecule has 6 atom stereocenters. The van der Waals surface area contributed by atoms with Gasteiger partial charge in [0.15, 0.2) is 6.10 Å². The highest BCUT2D eigenvalue weighted by molar-refractivity contribution is 7.46. The molecule has 0 saturated heterocycles. The SMILES string of the molecule is CCCCCCCCCCCCC(=O)OC[C@H](COP(=O)(O)O)OC(=O)CCC/C=C/C[C@@H]1[C@@H](/C=C/[C@@H](O)CCCCC)[C@H](O)C[C@@H]1O. The first-order valence-electron chi connectivity index (χ1n) is 18.4. The Hall–Kier alpha value is -1.59. The van der Waals surface area contributed by atoms with Gasteiger partial charge >= 0.3 is 19.8 Å². The van der Waals surface area contributed by atoms with Gasteiger partial charge in [0.25, 0.3) is 0 Å². The summed E-state index contributed by atoms with van der Waals surface area (Å²) in [7, 11) is -4.81. The smallest absolute Gasteiger partial charge is 0.462 e. The molecular formula is C36H65O11P. The van der Waals surface area contributed by atoms with Crippen LogP contribution in [-0.4, -0.2) is 74.7 Å². The highest BCUT2D eigenvalue weighted by atomic mass is 31.2. The van der Waals surface area contributed by atoms with E-state index in [2.05, 4.69) is 18.4 Å². The predicted molar refractivity (Wildman–Crippen MR) is 186 cm³/mol. The van der Waals surface area contributed by atoms with E-state index >= 15 is 0 Å². The Labute approximate surface area is 288 Å². The number of unbranched alkanes of at least 4 members (excludes halogenated alkanes) is 12. The molecule has 0 aliphatic heterocycles. The number of allylic oxidation sites excluding steroid dienone is 2. The van der Waals surface area contributed by atoms with E-state index in [1.807, 2.05) is 18.2 Å². The van der Waals surface area contributed by atoms with Crippen molar-refractivity contribution < 1.29 is 53.3 Å². The standard InChI is InChI=1S/C36H65O11P/c1-3-5-7-8-9-10-11-12-13-18-22-35(40)45-27-30(28-46-48(42,43)44)47-36(41)23-19-15-14-17-21-31-32(34(39)26-33(31)38)25-24-29(37)20-16-6-4-2/h14,17,24-25,29-34,37-39H,3-13,15-16,18-23,26-28H2,1-2H3,(H2,42,43,44)/b17-14+,25-24+/t29-,30+,31+,32+,33-,34+/m0/s1. The van der Waals surface area contributed by atoms with E-state index in [-0.39, 0.29) is 37.7 Å². The van der Waals surface area contributed by atoms with Crippen LogP contribution >= 0.6 is 7.82 Å². The summed E-state index contributed by atoms with van der Waals surface area (Å²) in [5, 5.41) is 31.1. The van der Waals surface area contributed by atoms with Crippen LogP contribution < -0.4 is 0 Å². The Morgan fingerprint density at radius 2 is 1.40 bits per heavy atom. The van der Waals surface area contributed by atoms with E-state index < -0.39 is 50.8 Å². The Balaban J connectivity index is 2.39. The molecule has 12 heteroatoms. The first-order valence-corrected chi connectivity index (χ1v) is 19.9. The number of rotatable bonds is 29. The molecule has 280 valence electrons. The minimum Gasteiger partial charge on any atom is -0.462 e. The number of ether oxygens (including phenoxy) is 2. The Bertz CT molecular complexity index is 950. The lowest BCUT2D eigenvalue weighted by molar-refractivity contribution is -0.161. The van der Waals surface area contributed by atoms with Crippen molar-refractivity contribution in [3.63, 3.8) is 0 Å². The molecule has 1 aliphatic carbocycles. The maximum absolute atomic E-state index is 12.4. The first-order chi connectivity index (χ1) is 23.0. The lowest BCUT2D eigenvalue weighted by Gasteiger charge is -2.19. The molecule has 1 fully saturated rings. The lowest BCUT2D eigenvalue weighted by atomic mass is 9.89. The van der Waals surface area contributed by atoms with Gasteiger partial charge in [-0.2, -0.15) is 0 Å². The zero-order chi connectivity index (χ0) is 35.6. The third kappa shape index (κ3) is 22.9. The monoisotopic (exact) mass is 704 g/mol. The minimum absolute atomic E-state index is 0.0371. The maximum Gasteiger partial charge on any atom is 0.469 e. The van der Waals surface area contributed by atoms with Gasteiger partial charge in [-0.25, -0.2) is 4.57 Å². The molecule has 0 amide bonds. The van der Waals surface area contributed by atoms with Gasteiger partial charge in [0.2, 0.25) is 0 Å². The minimum atomic E-state index is -4.81. The normalized spacial score (nSPS) is 21.2. The zero-order valence-corrected chi connectivity index (χ0v) is 30.4. The maximum atomic E-state index is 12.4. The molecule has 48 heavy (non-hydrogen) atoms. The summed E-state index contributed by atoms with van der Waals surface area (Å²) in [6, 6.07) is 0. The van der Waals surface area contributed by atoms with Crippen molar-refractivity contribution in [3.05, 3.63) is 24.3 Å². The van der Waals surface area contributed by atoms with Crippen molar-refractivity contribution >= 4 is 19.8 Å². The summed E-state index contributed by atoms with van der Waals surface area (Å²) in [5.41, 5.74) is 0. The van der Waals surface area contributed by atoms with Gasteiger partial charge in [0.05, 0.1) is 24.9 Å². The third-order valence-corrected chi connectivity index (χ3v) is 9.28. The van der Waals surface area contributed by atoms with Gasteiger partial charge in [-0.05, 0) is 38.0 Å². The van der Waals surface area contributed by atoms with Crippen molar-refractivity contribution in [2.24, 2.45) is 11.8 Å². The summed E-state index contributed by atoms with van der Waals surface area (Å²) in [4.78, 5) is 42.8. The van der Waals surface area contributed by atoms with Crippen LogP contribution in [0.2, 0.25) is 0 Å². The van der Waals surface area contributed by atoms with Crippen LogP contribution in [0.3, 0.4) is 0 Å². The van der Waals surface area contributed by atoms with Gasteiger partial charge in [-0.15, -0.1) is 0 Å². The third-order valence-electron chi connectivity index (χ3n) is 8.79. The molecule has 11 nitrogen and oxygen atoms in total. The fourth-order valence-electron chi connectivity index (χ4n) is 5.95.